The normalized spacial score (nSPS) is 11.5. The first-order valence-corrected chi connectivity index (χ1v) is 20.7. The molecular formula is C44H45IrN3OSi-2. The molecule has 0 aliphatic rings. The topological polar surface area (TPSA) is 51.8 Å². The first-order valence-electron chi connectivity index (χ1n) is 17.2. The molecule has 6 heteroatoms. The van der Waals surface area contributed by atoms with E-state index in [1.54, 1.807) is 0 Å². The van der Waals surface area contributed by atoms with Crippen molar-refractivity contribution in [3.05, 3.63) is 132 Å². The molecule has 0 amide bonds. The van der Waals surface area contributed by atoms with Crippen LogP contribution in [0.5, 0.6) is 0 Å². The maximum atomic E-state index is 6.06. The Morgan fingerprint density at radius 3 is 2.24 bits per heavy atom. The summed E-state index contributed by atoms with van der Waals surface area (Å²) in [5, 5.41) is 3.50. The third-order valence-electron chi connectivity index (χ3n) is 8.75. The van der Waals surface area contributed by atoms with Crippen molar-refractivity contribution in [1.29, 1.82) is 0 Å². The molecule has 3 aromatic carbocycles. The van der Waals surface area contributed by atoms with Gasteiger partial charge < -0.3 is 14.4 Å². The smallest absolute Gasteiger partial charge is 0.216 e. The predicted molar refractivity (Wildman–Crippen MR) is 208 cm³/mol. The van der Waals surface area contributed by atoms with Gasteiger partial charge in [0.1, 0.15) is 0 Å². The van der Waals surface area contributed by atoms with Crippen LogP contribution in [0.3, 0.4) is 0 Å². The molecule has 0 N–H and O–H groups in total. The summed E-state index contributed by atoms with van der Waals surface area (Å²) < 4.78 is 6.06. The number of fused-ring (bicyclic) bond motifs is 3. The molecule has 1 radical (unpaired) electrons. The molecule has 0 aliphatic carbocycles. The molecule has 0 saturated heterocycles. The molecule has 0 spiro atoms. The molecule has 257 valence electrons. The van der Waals surface area contributed by atoms with Gasteiger partial charge in [-0.25, -0.2) is 4.98 Å². The van der Waals surface area contributed by atoms with Crippen molar-refractivity contribution in [1.82, 2.24) is 15.0 Å². The Kier molecular flexibility index (Phi) is 11.7. The van der Waals surface area contributed by atoms with Crippen LogP contribution in [0, 0.1) is 25.0 Å². The molecule has 50 heavy (non-hydrogen) atoms. The van der Waals surface area contributed by atoms with E-state index in [0.717, 1.165) is 51.0 Å². The minimum Gasteiger partial charge on any atom is -0.486 e. The van der Waals surface area contributed by atoms with Gasteiger partial charge in [0.25, 0.3) is 0 Å². The van der Waals surface area contributed by atoms with Crippen molar-refractivity contribution < 1.29 is 24.5 Å². The maximum Gasteiger partial charge on any atom is 0.216 e. The van der Waals surface area contributed by atoms with E-state index in [0.29, 0.717) is 17.5 Å². The second kappa shape index (κ2) is 15.8. The first-order chi connectivity index (χ1) is 23.5. The third kappa shape index (κ3) is 8.38. The van der Waals surface area contributed by atoms with Crippen molar-refractivity contribution in [3.63, 3.8) is 0 Å². The van der Waals surface area contributed by atoms with Gasteiger partial charge in [-0.15, -0.1) is 54.1 Å². The first kappa shape index (κ1) is 37.0. The number of rotatable bonds is 7. The van der Waals surface area contributed by atoms with Gasteiger partial charge in [0.05, 0.1) is 13.7 Å². The summed E-state index contributed by atoms with van der Waals surface area (Å²) in [4.78, 5) is 13.8. The van der Waals surface area contributed by atoms with Crippen molar-refractivity contribution >= 4 is 35.3 Å². The molecule has 4 aromatic heterocycles. The van der Waals surface area contributed by atoms with Crippen molar-refractivity contribution in [2.75, 3.05) is 0 Å². The molecule has 0 bridgehead atoms. The standard InChI is InChI=1S/C23H26NSi.C21H19N2O.Ir/c1-17(2)18-11-13-19(14-12-18)21-15-22(20-9-7-6-8-10-20)24-16-23(21)25(3,4)5;1-13(2)11-15-9-10-22-19(12-15)18-6-4-5-16-17-8-7-14(3)23-21(17)24-20(16)18;/h6-9,11-17H,1-5H3;4-5,7-10,12-13H,11H2,1-3H3;/q2*-1;. The minimum atomic E-state index is -1.49. The molecule has 4 nitrogen and oxygen atoms in total. The monoisotopic (exact) mass is 852 g/mol. The molecule has 0 unspecified atom stereocenters. The third-order valence-corrected chi connectivity index (χ3v) is 10.8. The molecule has 0 aliphatic heterocycles. The van der Waals surface area contributed by atoms with Crippen LogP contribution in [0.2, 0.25) is 19.6 Å². The van der Waals surface area contributed by atoms with Crippen LogP contribution in [0.25, 0.3) is 55.7 Å². The number of nitrogens with zero attached hydrogens (tertiary/aromatic N) is 3. The van der Waals surface area contributed by atoms with Gasteiger partial charge in [0.2, 0.25) is 5.71 Å². The zero-order valence-electron chi connectivity index (χ0n) is 30.3. The summed E-state index contributed by atoms with van der Waals surface area (Å²) in [5.74, 6) is 1.16. The molecule has 4 heterocycles. The van der Waals surface area contributed by atoms with E-state index < -0.39 is 8.07 Å². The summed E-state index contributed by atoms with van der Waals surface area (Å²) >= 11 is 0. The summed E-state index contributed by atoms with van der Waals surface area (Å²) in [6, 6.07) is 38.1. The Hall–Kier alpha value is -4.22. The second-order valence-electron chi connectivity index (χ2n) is 14.6. The molecule has 0 atom stereocenters. The van der Waals surface area contributed by atoms with E-state index in [4.69, 9.17) is 9.40 Å². The Labute approximate surface area is 311 Å². The summed E-state index contributed by atoms with van der Waals surface area (Å²) in [6.45, 7) is 18.0. The fourth-order valence-electron chi connectivity index (χ4n) is 6.15. The Morgan fingerprint density at radius 2 is 1.56 bits per heavy atom. The number of pyridine rings is 3. The second-order valence-corrected chi connectivity index (χ2v) is 19.6. The molecular weight excluding hydrogens is 807 g/mol. The Morgan fingerprint density at radius 1 is 0.780 bits per heavy atom. The predicted octanol–water partition coefficient (Wildman–Crippen LogP) is 11.2. The van der Waals surface area contributed by atoms with Crippen LogP contribution >= 0.6 is 0 Å². The number of aryl methyl sites for hydroxylation is 1. The zero-order chi connectivity index (χ0) is 34.7. The van der Waals surface area contributed by atoms with Crippen LogP contribution in [-0.2, 0) is 26.5 Å². The van der Waals surface area contributed by atoms with Crippen molar-refractivity contribution in [2.45, 2.75) is 66.6 Å². The van der Waals surface area contributed by atoms with Crippen LogP contribution in [0.15, 0.2) is 108 Å². The molecule has 7 aromatic rings. The van der Waals surface area contributed by atoms with Crippen LogP contribution < -0.4 is 5.19 Å². The van der Waals surface area contributed by atoms with Crippen molar-refractivity contribution in [2.24, 2.45) is 5.92 Å². The average molecular weight is 852 g/mol. The van der Waals surface area contributed by atoms with Crippen LogP contribution in [0.4, 0.5) is 0 Å². The zero-order valence-corrected chi connectivity index (χ0v) is 33.7. The van der Waals surface area contributed by atoms with Gasteiger partial charge in [0, 0.05) is 43.6 Å². The summed E-state index contributed by atoms with van der Waals surface area (Å²) in [6.07, 6.45) is 4.99. The van der Waals surface area contributed by atoms with E-state index in [1.165, 1.54) is 27.4 Å². The summed E-state index contributed by atoms with van der Waals surface area (Å²) in [5.41, 5.74) is 11.5. The van der Waals surface area contributed by atoms with Gasteiger partial charge >= 0.3 is 0 Å². The van der Waals surface area contributed by atoms with E-state index >= 15 is 0 Å². The number of furan rings is 1. The van der Waals surface area contributed by atoms with Crippen molar-refractivity contribution in [3.8, 4) is 33.6 Å². The minimum absolute atomic E-state index is 0. The van der Waals surface area contributed by atoms with Gasteiger partial charge in [0.15, 0.2) is 0 Å². The molecule has 0 saturated carbocycles. The number of hydrogen-bond donors (Lipinski definition) is 0. The molecule has 0 fully saturated rings. The largest absolute Gasteiger partial charge is 0.486 e. The van der Waals surface area contributed by atoms with E-state index in [9.17, 15) is 0 Å². The van der Waals surface area contributed by atoms with Crippen LogP contribution in [-0.4, -0.2) is 23.0 Å². The number of hydrogen-bond acceptors (Lipinski definition) is 4. The Balaban J connectivity index is 0.000000191. The number of aromatic nitrogens is 3. The SMILES string of the molecule is CC(C)c1ccc(-c2cc(-c3[c-]cccc3)ncc2[Si](C)(C)C)cc1.Cc1ccc2c(n1)oc1c(-c3cc(CC(C)C)ccn3)[c-]ccc12.[Ir]. The quantitative estimate of drug-likeness (QED) is 0.118. The van der Waals surface area contributed by atoms with E-state index in [-0.39, 0.29) is 20.1 Å². The fraction of sp³-hybridized carbons (Fsp3) is 0.250. The number of benzene rings is 3. The average Bonchev–Trinajstić information content (AvgIpc) is 3.46. The Bertz CT molecular complexity index is 2200. The maximum absolute atomic E-state index is 6.06. The molecule has 7 rings (SSSR count). The van der Waals surface area contributed by atoms with Crippen LogP contribution in [0.1, 0.15) is 50.4 Å². The van der Waals surface area contributed by atoms with Gasteiger partial charge in [-0.3, -0.25) is 0 Å². The van der Waals surface area contributed by atoms with E-state index in [1.807, 2.05) is 49.5 Å². The van der Waals surface area contributed by atoms with E-state index in [2.05, 4.69) is 130 Å². The van der Waals surface area contributed by atoms with Gasteiger partial charge in [-0.2, -0.15) is 0 Å². The van der Waals surface area contributed by atoms with Gasteiger partial charge in [-0.1, -0.05) is 100 Å². The van der Waals surface area contributed by atoms with Gasteiger partial charge in [-0.05, 0) is 76.6 Å². The summed E-state index contributed by atoms with van der Waals surface area (Å²) in [7, 11) is -1.49. The fourth-order valence-corrected chi connectivity index (χ4v) is 7.63.